The van der Waals surface area contributed by atoms with Gasteiger partial charge < -0.3 is 10.6 Å². The van der Waals surface area contributed by atoms with E-state index >= 15 is 0 Å². The molecule has 0 aliphatic heterocycles. The predicted molar refractivity (Wildman–Crippen MR) is 115 cm³/mol. The standard InChI is InChI=1S/C24H23F3N4O/c1-13-8-16-9-15(4-7-20(16)30-22(13)28)23(32)31(21-10-19(21)14-2-3-14)12-18-6-5-17(11-29-18)24(25,26)27/h4-9,11,14,19,21H,2-3,10,12H2,1H3,(H2,28,30)/t19-,21+/m1/s1. The number of pyridine rings is 2. The van der Waals surface area contributed by atoms with Crippen LogP contribution < -0.4 is 5.73 Å². The van der Waals surface area contributed by atoms with E-state index in [9.17, 15) is 18.0 Å². The Morgan fingerprint density at radius 2 is 1.97 bits per heavy atom. The fourth-order valence-corrected chi connectivity index (χ4v) is 4.39. The summed E-state index contributed by atoms with van der Waals surface area (Å²) in [7, 11) is 0. The van der Waals surface area contributed by atoms with Crippen LogP contribution in [-0.2, 0) is 12.7 Å². The Kier molecular flexibility index (Phi) is 4.83. The van der Waals surface area contributed by atoms with Gasteiger partial charge in [0.15, 0.2) is 0 Å². The first-order valence-electron chi connectivity index (χ1n) is 10.7. The SMILES string of the molecule is Cc1cc2cc(C(=O)N(Cc3ccc(C(F)(F)F)cn3)[C@H]3C[C@@H]3C3CC3)ccc2nc1N. The molecule has 0 unspecified atom stereocenters. The molecule has 1 aromatic carbocycles. The number of aryl methyl sites for hydroxylation is 1. The van der Waals surface area contributed by atoms with Gasteiger partial charge in [-0.25, -0.2) is 4.98 Å². The third-order valence-electron chi connectivity index (χ3n) is 6.47. The van der Waals surface area contributed by atoms with E-state index in [-0.39, 0.29) is 18.5 Å². The van der Waals surface area contributed by atoms with Gasteiger partial charge in [0, 0.05) is 23.2 Å². The quantitative estimate of drug-likeness (QED) is 0.607. The first-order valence-corrected chi connectivity index (χ1v) is 10.7. The van der Waals surface area contributed by atoms with Crippen LogP contribution in [0.25, 0.3) is 10.9 Å². The number of nitrogens with two attached hydrogens (primary N) is 1. The van der Waals surface area contributed by atoms with E-state index in [0.717, 1.165) is 29.6 Å². The molecule has 0 bridgehead atoms. The monoisotopic (exact) mass is 440 g/mol. The maximum atomic E-state index is 13.5. The number of aromatic nitrogens is 2. The summed E-state index contributed by atoms with van der Waals surface area (Å²) >= 11 is 0. The summed E-state index contributed by atoms with van der Waals surface area (Å²) in [5.41, 5.74) is 7.61. The van der Waals surface area contributed by atoms with E-state index in [1.165, 1.54) is 18.9 Å². The second-order valence-electron chi connectivity index (χ2n) is 8.87. The summed E-state index contributed by atoms with van der Waals surface area (Å²) in [4.78, 5) is 23.6. The molecule has 5 nitrogen and oxygen atoms in total. The van der Waals surface area contributed by atoms with E-state index in [1.54, 1.807) is 23.1 Å². The van der Waals surface area contributed by atoms with E-state index in [1.807, 2.05) is 13.0 Å². The van der Waals surface area contributed by atoms with Gasteiger partial charge in [0.2, 0.25) is 0 Å². The zero-order valence-electron chi connectivity index (χ0n) is 17.6. The molecule has 5 rings (SSSR count). The smallest absolute Gasteiger partial charge is 0.383 e. The second-order valence-corrected chi connectivity index (χ2v) is 8.87. The lowest BCUT2D eigenvalue weighted by molar-refractivity contribution is -0.137. The van der Waals surface area contributed by atoms with E-state index in [4.69, 9.17) is 5.73 Å². The van der Waals surface area contributed by atoms with Crippen LogP contribution in [0.4, 0.5) is 19.0 Å². The number of amides is 1. The molecule has 2 N–H and O–H groups in total. The number of hydrogen-bond donors (Lipinski definition) is 1. The van der Waals surface area contributed by atoms with Gasteiger partial charge in [-0.1, -0.05) is 0 Å². The highest BCUT2D eigenvalue weighted by Crippen LogP contribution is 2.52. The Labute approximate surface area is 183 Å². The molecular weight excluding hydrogens is 417 g/mol. The highest BCUT2D eigenvalue weighted by Gasteiger charge is 2.51. The third-order valence-corrected chi connectivity index (χ3v) is 6.47. The highest BCUT2D eigenvalue weighted by molar-refractivity contribution is 5.98. The first-order chi connectivity index (χ1) is 15.2. The molecule has 3 aromatic rings. The number of benzene rings is 1. The largest absolute Gasteiger partial charge is 0.417 e. The molecule has 2 aliphatic carbocycles. The topological polar surface area (TPSA) is 72.1 Å². The van der Waals surface area contributed by atoms with Crippen molar-refractivity contribution in [2.45, 2.75) is 44.9 Å². The maximum Gasteiger partial charge on any atom is 0.417 e. The molecule has 2 heterocycles. The van der Waals surface area contributed by atoms with Gasteiger partial charge in [0.25, 0.3) is 5.91 Å². The van der Waals surface area contributed by atoms with Crippen molar-refractivity contribution in [3.8, 4) is 0 Å². The van der Waals surface area contributed by atoms with Crippen LogP contribution in [0.5, 0.6) is 0 Å². The van der Waals surface area contributed by atoms with E-state index in [2.05, 4.69) is 9.97 Å². The van der Waals surface area contributed by atoms with Gasteiger partial charge in [0.05, 0.1) is 23.3 Å². The van der Waals surface area contributed by atoms with Gasteiger partial charge in [-0.3, -0.25) is 9.78 Å². The van der Waals surface area contributed by atoms with Crippen molar-refractivity contribution >= 4 is 22.6 Å². The molecule has 32 heavy (non-hydrogen) atoms. The molecule has 0 radical (unpaired) electrons. The Balaban J connectivity index is 1.43. The number of carbonyl (C=O) groups excluding carboxylic acids is 1. The lowest BCUT2D eigenvalue weighted by Gasteiger charge is -2.23. The number of halogens is 3. The fraction of sp³-hybridized carbons (Fsp3) is 0.375. The molecule has 2 aliphatic rings. The minimum Gasteiger partial charge on any atom is -0.383 e. The zero-order chi connectivity index (χ0) is 22.6. The van der Waals surface area contributed by atoms with Gasteiger partial charge in [-0.2, -0.15) is 13.2 Å². The van der Waals surface area contributed by atoms with Crippen LogP contribution in [0.2, 0.25) is 0 Å². The van der Waals surface area contributed by atoms with Gasteiger partial charge in [-0.05, 0) is 80.0 Å². The third kappa shape index (κ3) is 4.01. The molecular formula is C24H23F3N4O. The number of rotatable bonds is 5. The highest BCUT2D eigenvalue weighted by atomic mass is 19.4. The number of nitrogens with zero attached hydrogens (tertiary/aromatic N) is 3. The van der Waals surface area contributed by atoms with E-state index < -0.39 is 11.7 Å². The van der Waals surface area contributed by atoms with Crippen LogP contribution in [0.1, 0.15) is 46.4 Å². The summed E-state index contributed by atoms with van der Waals surface area (Å²) in [6.45, 7) is 2.05. The molecule has 2 saturated carbocycles. The average Bonchev–Trinajstić information content (AvgIpc) is 3.65. The number of alkyl halides is 3. The van der Waals surface area contributed by atoms with Crippen molar-refractivity contribution in [3.05, 3.63) is 65.0 Å². The lowest BCUT2D eigenvalue weighted by Crippen LogP contribution is -2.34. The summed E-state index contributed by atoms with van der Waals surface area (Å²) < 4.78 is 38.6. The number of nitrogen functional groups attached to an aromatic ring is 1. The van der Waals surface area contributed by atoms with Crippen LogP contribution in [0.3, 0.4) is 0 Å². The first kappa shape index (κ1) is 20.7. The van der Waals surface area contributed by atoms with Crippen molar-refractivity contribution in [1.82, 2.24) is 14.9 Å². The van der Waals surface area contributed by atoms with Gasteiger partial charge in [0.1, 0.15) is 5.82 Å². The average molecular weight is 440 g/mol. The number of hydrogen-bond acceptors (Lipinski definition) is 4. The van der Waals surface area contributed by atoms with Gasteiger partial charge in [-0.15, -0.1) is 0 Å². The molecule has 2 aromatic heterocycles. The lowest BCUT2D eigenvalue weighted by atomic mass is 10.1. The predicted octanol–water partition coefficient (Wildman–Crippen LogP) is 4.98. The Morgan fingerprint density at radius 1 is 1.19 bits per heavy atom. The van der Waals surface area contributed by atoms with Crippen LogP contribution in [0, 0.1) is 18.8 Å². The van der Waals surface area contributed by atoms with Crippen molar-refractivity contribution in [3.63, 3.8) is 0 Å². The minimum atomic E-state index is -4.44. The Morgan fingerprint density at radius 3 is 2.62 bits per heavy atom. The summed E-state index contributed by atoms with van der Waals surface area (Å²) in [6, 6.07) is 9.69. The van der Waals surface area contributed by atoms with Crippen LogP contribution in [-0.4, -0.2) is 26.8 Å². The van der Waals surface area contributed by atoms with Crippen molar-refractivity contribution in [1.29, 1.82) is 0 Å². The van der Waals surface area contributed by atoms with Crippen molar-refractivity contribution < 1.29 is 18.0 Å². The van der Waals surface area contributed by atoms with E-state index in [0.29, 0.717) is 34.4 Å². The Bertz CT molecular complexity index is 1190. The molecule has 1 amide bonds. The summed E-state index contributed by atoms with van der Waals surface area (Å²) in [5.74, 6) is 1.44. The number of anilines is 1. The summed E-state index contributed by atoms with van der Waals surface area (Å²) in [5, 5.41) is 0.824. The fourth-order valence-electron chi connectivity index (χ4n) is 4.39. The Hall–Kier alpha value is -3.16. The molecule has 2 fully saturated rings. The molecule has 8 heteroatoms. The van der Waals surface area contributed by atoms with Crippen LogP contribution in [0.15, 0.2) is 42.6 Å². The normalized spacial score (nSPS) is 20.4. The number of fused-ring (bicyclic) bond motifs is 1. The minimum absolute atomic E-state index is 0.0982. The zero-order valence-corrected chi connectivity index (χ0v) is 17.6. The maximum absolute atomic E-state index is 13.5. The summed E-state index contributed by atoms with van der Waals surface area (Å²) in [6.07, 6.45) is -0.302. The molecule has 0 saturated heterocycles. The molecule has 0 spiro atoms. The van der Waals surface area contributed by atoms with Gasteiger partial charge >= 0.3 is 6.18 Å². The molecule has 166 valence electrons. The van der Waals surface area contributed by atoms with Crippen molar-refractivity contribution in [2.75, 3.05) is 5.73 Å². The van der Waals surface area contributed by atoms with Crippen LogP contribution >= 0.6 is 0 Å². The van der Waals surface area contributed by atoms with Crippen molar-refractivity contribution in [2.24, 2.45) is 11.8 Å². The second kappa shape index (κ2) is 7.46. The molecule has 2 atom stereocenters. The number of carbonyl (C=O) groups is 1.